The zero-order valence-corrected chi connectivity index (χ0v) is 12.6. The normalized spacial score (nSPS) is 12.1. The molecule has 0 saturated heterocycles. The summed E-state index contributed by atoms with van der Waals surface area (Å²) in [6.07, 6.45) is -0.315. The summed E-state index contributed by atoms with van der Waals surface area (Å²) in [5, 5.41) is 8.66. The van der Waals surface area contributed by atoms with E-state index in [1.165, 1.54) is 24.3 Å². The van der Waals surface area contributed by atoms with E-state index in [2.05, 4.69) is 4.72 Å². The van der Waals surface area contributed by atoms with Crippen molar-refractivity contribution >= 4 is 21.9 Å². The lowest BCUT2D eigenvalue weighted by Gasteiger charge is -2.24. The standard InChI is InChI=1S/C13H18N2O5S/c1-13(2,8-11(14)16)15-21(19,20)10-5-3-9(4-6-10)7-12(17)18/h3-6,15H,7-8H2,1-2H3,(H2,14,16)(H,17,18). The molecule has 7 nitrogen and oxygen atoms in total. The molecule has 0 heterocycles. The maximum Gasteiger partial charge on any atom is 0.307 e. The molecule has 1 amide bonds. The van der Waals surface area contributed by atoms with Crippen LogP contribution < -0.4 is 10.5 Å². The van der Waals surface area contributed by atoms with Crippen LogP contribution in [0.25, 0.3) is 0 Å². The van der Waals surface area contributed by atoms with E-state index in [4.69, 9.17) is 10.8 Å². The predicted octanol–water partition coefficient (Wildman–Crippen LogP) is 0.246. The molecule has 0 aliphatic heterocycles. The van der Waals surface area contributed by atoms with Crippen LogP contribution in [0.4, 0.5) is 0 Å². The van der Waals surface area contributed by atoms with Gasteiger partial charge in [-0.15, -0.1) is 0 Å². The van der Waals surface area contributed by atoms with E-state index >= 15 is 0 Å². The van der Waals surface area contributed by atoms with E-state index in [1.54, 1.807) is 13.8 Å². The number of hydrogen-bond acceptors (Lipinski definition) is 4. The number of carboxylic acids is 1. The van der Waals surface area contributed by atoms with Crippen molar-refractivity contribution in [1.82, 2.24) is 4.72 Å². The molecule has 1 rings (SSSR count). The van der Waals surface area contributed by atoms with Crippen molar-refractivity contribution in [2.75, 3.05) is 0 Å². The molecule has 0 radical (unpaired) electrons. The Labute approximate surface area is 123 Å². The van der Waals surface area contributed by atoms with Gasteiger partial charge in [-0.1, -0.05) is 12.1 Å². The average Bonchev–Trinajstić information content (AvgIpc) is 2.24. The maximum atomic E-state index is 12.2. The minimum atomic E-state index is -3.81. The fourth-order valence-electron chi connectivity index (χ4n) is 1.86. The van der Waals surface area contributed by atoms with Gasteiger partial charge in [0.1, 0.15) is 0 Å². The third-order valence-electron chi connectivity index (χ3n) is 2.62. The van der Waals surface area contributed by atoms with Crippen molar-refractivity contribution in [3.63, 3.8) is 0 Å². The van der Waals surface area contributed by atoms with E-state index in [0.717, 1.165) is 0 Å². The lowest BCUT2D eigenvalue weighted by Crippen LogP contribution is -2.45. The van der Waals surface area contributed by atoms with Gasteiger partial charge in [-0.3, -0.25) is 9.59 Å². The number of hydrogen-bond donors (Lipinski definition) is 3. The highest BCUT2D eigenvalue weighted by atomic mass is 32.2. The first-order valence-electron chi connectivity index (χ1n) is 6.15. The molecule has 21 heavy (non-hydrogen) atoms. The fourth-order valence-corrected chi connectivity index (χ4v) is 3.27. The van der Waals surface area contributed by atoms with E-state index in [1.807, 2.05) is 0 Å². The number of rotatable bonds is 7. The minimum absolute atomic E-state index is 0.00539. The number of benzene rings is 1. The van der Waals surface area contributed by atoms with Gasteiger partial charge in [-0.05, 0) is 31.5 Å². The summed E-state index contributed by atoms with van der Waals surface area (Å²) in [6, 6.07) is 5.51. The lowest BCUT2D eigenvalue weighted by atomic mass is 10.0. The molecule has 0 atom stereocenters. The highest BCUT2D eigenvalue weighted by molar-refractivity contribution is 7.89. The number of carbonyl (C=O) groups excluding carboxylic acids is 1. The number of nitrogens with two attached hydrogens (primary N) is 1. The molecule has 1 aromatic rings. The number of aliphatic carboxylic acids is 1. The minimum Gasteiger partial charge on any atom is -0.481 e. The van der Waals surface area contributed by atoms with Crippen molar-refractivity contribution in [1.29, 1.82) is 0 Å². The van der Waals surface area contributed by atoms with E-state index < -0.39 is 27.4 Å². The first-order valence-corrected chi connectivity index (χ1v) is 7.63. The SMILES string of the molecule is CC(C)(CC(N)=O)NS(=O)(=O)c1ccc(CC(=O)O)cc1. The van der Waals surface area contributed by atoms with Gasteiger partial charge in [0.05, 0.1) is 11.3 Å². The van der Waals surface area contributed by atoms with E-state index in [9.17, 15) is 18.0 Å². The Morgan fingerprint density at radius 2 is 1.76 bits per heavy atom. The second-order valence-electron chi connectivity index (χ2n) is 5.35. The van der Waals surface area contributed by atoms with Crippen molar-refractivity contribution in [2.45, 2.75) is 37.1 Å². The van der Waals surface area contributed by atoms with Gasteiger partial charge >= 0.3 is 5.97 Å². The van der Waals surface area contributed by atoms with Crippen molar-refractivity contribution in [2.24, 2.45) is 5.73 Å². The number of sulfonamides is 1. The van der Waals surface area contributed by atoms with Crippen LogP contribution in [0.1, 0.15) is 25.8 Å². The molecule has 0 spiro atoms. The third kappa shape index (κ3) is 5.52. The number of carboxylic acid groups (broad SMARTS) is 1. The highest BCUT2D eigenvalue weighted by Crippen LogP contribution is 2.16. The molecule has 1 aromatic carbocycles. The highest BCUT2D eigenvalue weighted by Gasteiger charge is 2.27. The summed E-state index contributed by atoms with van der Waals surface area (Å²) in [7, 11) is -3.81. The molecule has 0 aliphatic rings. The number of nitrogens with one attached hydrogen (secondary N) is 1. The Bertz CT molecular complexity index is 635. The van der Waals surface area contributed by atoms with Crippen LogP contribution in [-0.4, -0.2) is 30.9 Å². The summed E-state index contributed by atoms with van der Waals surface area (Å²) in [4.78, 5) is 21.5. The van der Waals surface area contributed by atoms with Gasteiger partial charge in [0.2, 0.25) is 15.9 Å². The van der Waals surface area contributed by atoms with Crippen molar-refractivity contribution in [3.05, 3.63) is 29.8 Å². The topological polar surface area (TPSA) is 127 Å². The molecule has 0 saturated carbocycles. The van der Waals surface area contributed by atoms with Gasteiger partial charge in [0, 0.05) is 12.0 Å². The molecule has 0 aromatic heterocycles. The Kier molecular flexibility index (Phi) is 5.08. The van der Waals surface area contributed by atoms with Gasteiger partial charge in [-0.25, -0.2) is 13.1 Å². The lowest BCUT2D eigenvalue weighted by molar-refractivity contribution is -0.136. The second kappa shape index (κ2) is 6.23. The first kappa shape index (κ1) is 17.1. The van der Waals surface area contributed by atoms with Gasteiger partial charge in [0.15, 0.2) is 0 Å². The van der Waals surface area contributed by atoms with E-state index in [-0.39, 0.29) is 17.7 Å². The zero-order chi connectivity index (χ0) is 16.3. The van der Waals surface area contributed by atoms with Crippen molar-refractivity contribution < 1.29 is 23.1 Å². The monoisotopic (exact) mass is 314 g/mol. The number of amides is 1. The molecule has 0 bridgehead atoms. The molecular weight excluding hydrogens is 296 g/mol. The Balaban J connectivity index is 2.92. The largest absolute Gasteiger partial charge is 0.481 e. The van der Waals surface area contributed by atoms with Crippen LogP contribution in [0.2, 0.25) is 0 Å². The van der Waals surface area contributed by atoms with Gasteiger partial charge in [-0.2, -0.15) is 0 Å². The summed E-state index contributed by atoms with van der Waals surface area (Å²) in [5.74, 6) is -1.61. The number of primary amides is 1. The van der Waals surface area contributed by atoms with Crippen molar-refractivity contribution in [3.8, 4) is 0 Å². The Morgan fingerprint density at radius 1 is 1.24 bits per heavy atom. The van der Waals surface area contributed by atoms with Crippen LogP contribution in [0.3, 0.4) is 0 Å². The smallest absolute Gasteiger partial charge is 0.307 e. The summed E-state index contributed by atoms with van der Waals surface area (Å²) in [6.45, 7) is 3.10. The maximum absolute atomic E-state index is 12.2. The molecule has 0 aliphatic carbocycles. The average molecular weight is 314 g/mol. The van der Waals surface area contributed by atoms with Crippen LogP contribution in [0.15, 0.2) is 29.2 Å². The molecule has 0 unspecified atom stereocenters. The quantitative estimate of drug-likeness (QED) is 0.664. The molecule has 4 N–H and O–H groups in total. The molecule has 0 fully saturated rings. The molecular formula is C13H18N2O5S. The van der Waals surface area contributed by atoms with E-state index in [0.29, 0.717) is 5.56 Å². The van der Waals surface area contributed by atoms with Crippen LogP contribution in [0.5, 0.6) is 0 Å². The fraction of sp³-hybridized carbons (Fsp3) is 0.385. The second-order valence-corrected chi connectivity index (χ2v) is 7.03. The molecule has 8 heteroatoms. The Hall–Kier alpha value is -1.93. The van der Waals surface area contributed by atoms with Gasteiger partial charge < -0.3 is 10.8 Å². The first-order chi connectivity index (χ1) is 9.52. The number of carbonyl (C=O) groups is 2. The zero-order valence-electron chi connectivity index (χ0n) is 11.8. The summed E-state index contributed by atoms with van der Waals surface area (Å²) in [5.41, 5.74) is 4.56. The summed E-state index contributed by atoms with van der Waals surface area (Å²) < 4.78 is 26.8. The molecule has 116 valence electrons. The third-order valence-corrected chi connectivity index (χ3v) is 4.33. The van der Waals surface area contributed by atoms with Crippen LogP contribution in [0, 0.1) is 0 Å². The predicted molar refractivity (Wildman–Crippen MR) is 76.0 cm³/mol. The van der Waals surface area contributed by atoms with Crippen LogP contribution >= 0.6 is 0 Å². The Morgan fingerprint density at radius 3 is 2.19 bits per heavy atom. The van der Waals surface area contributed by atoms with Gasteiger partial charge in [0.25, 0.3) is 0 Å². The summed E-state index contributed by atoms with van der Waals surface area (Å²) >= 11 is 0. The van der Waals surface area contributed by atoms with Crippen LogP contribution in [-0.2, 0) is 26.0 Å².